The van der Waals surface area contributed by atoms with Crippen LogP contribution in [0.3, 0.4) is 0 Å². The van der Waals surface area contributed by atoms with Gasteiger partial charge in [0.15, 0.2) is 5.82 Å². The smallest absolute Gasteiger partial charge is 0.233 e. The summed E-state index contributed by atoms with van der Waals surface area (Å²) in [6.45, 7) is 2.26. The Morgan fingerprint density at radius 1 is 1.19 bits per heavy atom. The van der Waals surface area contributed by atoms with E-state index in [9.17, 15) is 0 Å². The van der Waals surface area contributed by atoms with Gasteiger partial charge in [0, 0.05) is 19.1 Å². The monoisotopic (exact) mass is 286 g/mol. The Morgan fingerprint density at radius 3 is 2.90 bits per heavy atom. The van der Waals surface area contributed by atoms with Crippen LogP contribution in [-0.2, 0) is 4.74 Å². The molecule has 0 bridgehead atoms. The van der Waals surface area contributed by atoms with Crippen molar-refractivity contribution in [3.05, 3.63) is 47.6 Å². The van der Waals surface area contributed by atoms with E-state index in [0.717, 1.165) is 25.4 Å². The maximum atomic E-state index is 5.52. The molecule has 0 amide bonds. The third-order valence-electron chi connectivity index (χ3n) is 4.21. The molecule has 0 saturated carbocycles. The molecule has 2 aliphatic rings. The zero-order chi connectivity index (χ0) is 14.1. The van der Waals surface area contributed by atoms with Crippen molar-refractivity contribution in [2.75, 3.05) is 19.8 Å². The van der Waals surface area contributed by atoms with Crippen molar-refractivity contribution in [1.82, 2.24) is 21.0 Å². The summed E-state index contributed by atoms with van der Waals surface area (Å²) in [4.78, 5) is 4.61. The highest BCUT2D eigenvalue weighted by atomic mass is 16.5. The average Bonchev–Trinajstić information content (AvgIpc) is 3.27. The van der Waals surface area contributed by atoms with Gasteiger partial charge in [-0.3, -0.25) is 5.43 Å². The lowest BCUT2D eigenvalue weighted by Gasteiger charge is -2.15. The van der Waals surface area contributed by atoms with E-state index < -0.39 is 0 Å². The number of rotatable bonds is 3. The van der Waals surface area contributed by atoms with Gasteiger partial charge in [-0.15, -0.1) is 0 Å². The third kappa shape index (κ3) is 2.46. The number of hydrogen-bond acceptors (Lipinski definition) is 6. The second kappa shape index (κ2) is 5.55. The lowest BCUT2D eigenvalue weighted by molar-refractivity contribution is 0.192. The minimum absolute atomic E-state index is 0.149. The predicted molar refractivity (Wildman–Crippen MR) is 75.5 cm³/mol. The molecule has 1 aromatic heterocycles. The summed E-state index contributed by atoms with van der Waals surface area (Å²) >= 11 is 0. The quantitative estimate of drug-likeness (QED) is 0.891. The van der Waals surface area contributed by atoms with Crippen LogP contribution in [0, 0.1) is 0 Å². The number of nitrogens with zero attached hydrogens (tertiary/aromatic N) is 2. The van der Waals surface area contributed by atoms with Crippen LogP contribution in [0.2, 0.25) is 0 Å². The number of ether oxygens (including phenoxy) is 1. The second-order valence-corrected chi connectivity index (χ2v) is 5.57. The molecule has 3 unspecified atom stereocenters. The van der Waals surface area contributed by atoms with Crippen LogP contribution in [0.1, 0.15) is 41.6 Å². The zero-order valence-electron chi connectivity index (χ0n) is 11.7. The molecule has 0 radical (unpaired) electrons. The minimum Gasteiger partial charge on any atom is -0.381 e. The number of hydrazine groups is 1. The highest BCUT2D eigenvalue weighted by Crippen LogP contribution is 2.33. The maximum absolute atomic E-state index is 5.52. The van der Waals surface area contributed by atoms with Crippen molar-refractivity contribution >= 4 is 0 Å². The normalized spacial score (nSPS) is 29.0. The first-order valence-corrected chi connectivity index (χ1v) is 7.36. The molecule has 6 nitrogen and oxygen atoms in total. The van der Waals surface area contributed by atoms with Gasteiger partial charge in [-0.1, -0.05) is 35.5 Å². The Labute approximate surface area is 122 Å². The Bertz CT molecular complexity index is 595. The van der Waals surface area contributed by atoms with Gasteiger partial charge >= 0.3 is 0 Å². The van der Waals surface area contributed by atoms with Gasteiger partial charge in [0.25, 0.3) is 0 Å². The van der Waals surface area contributed by atoms with Crippen molar-refractivity contribution < 1.29 is 9.26 Å². The third-order valence-corrected chi connectivity index (χ3v) is 4.21. The van der Waals surface area contributed by atoms with Gasteiger partial charge in [0.1, 0.15) is 0 Å². The Balaban J connectivity index is 1.57. The van der Waals surface area contributed by atoms with Crippen molar-refractivity contribution in [3.8, 4) is 0 Å². The summed E-state index contributed by atoms with van der Waals surface area (Å²) in [5.74, 6) is 1.90. The van der Waals surface area contributed by atoms with E-state index in [4.69, 9.17) is 9.26 Å². The van der Waals surface area contributed by atoms with Crippen LogP contribution in [0.5, 0.6) is 0 Å². The van der Waals surface area contributed by atoms with Crippen molar-refractivity contribution in [2.45, 2.75) is 24.3 Å². The topological polar surface area (TPSA) is 72.2 Å². The van der Waals surface area contributed by atoms with E-state index in [1.807, 2.05) is 18.2 Å². The second-order valence-electron chi connectivity index (χ2n) is 5.57. The molecule has 2 saturated heterocycles. The highest BCUT2D eigenvalue weighted by molar-refractivity contribution is 5.24. The molecule has 0 aliphatic carbocycles. The van der Waals surface area contributed by atoms with Gasteiger partial charge in [-0.25, -0.2) is 5.43 Å². The number of nitrogens with one attached hydrogen (secondary N) is 2. The summed E-state index contributed by atoms with van der Waals surface area (Å²) in [5.41, 5.74) is 7.71. The predicted octanol–water partition coefficient (Wildman–Crippen LogP) is 1.51. The van der Waals surface area contributed by atoms with Crippen LogP contribution >= 0.6 is 0 Å². The van der Waals surface area contributed by atoms with Gasteiger partial charge in [0.2, 0.25) is 5.89 Å². The standard InChI is InChI=1S/C15H18N4O2/c1-2-4-10(5-3-1)13-12(8-16-18-13)15-17-14(19-21-15)11-6-7-20-9-11/h1-5,11-13,16,18H,6-9H2. The van der Waals surface area contributed by atoms with Crippen LogP contribution in [0.25, 0.3) is 0 Å². The maximum Gasteiger partial charge on any atom is 0.233 e. The summed E-state index contributed by atoms with van der Waals surface area (Å²) in [6.07, 6.45) is 0.974. The molecular formula is C15H18N4O2. The fourth-order valence-electron chi connectivity index (χ4n) is 3.01. The van der Waals surface area contributed by atoms with E-state index >= 15 is 0 Å². The highest BCUT2D eigenvalue weighted by Gasteiger charge is 2.34. The fraction of sp³-hybridized carbons (Fsp3) is 0.467. The molecule has 2 fully saturated rings. The van der Waals surface area contributed by atoms with E-state index in [2.05, 4.69) is 33.1 Å². The number of hydrogen-bond donors (Lipinski definition) is 2. The first kappa shape index (κ1) is 12.9. The number of benzene rings is 1. The molecule has 2 aromatic rings. The van der Waals surface area contributed by atoms with Gasteiger partial charge in [0.05, 0.1) is 18.6 Å². The Morgan fingerprint density at radius 2 is 2.10 bits per heavy atom. The molecule has 21 heavy (non-hydrogen) atoms. The van der Waals surface area contributed by atoms with Gasteiger partial charge in [-0.2, -0.15) is 4.98 Å². The molecule has 2 aliphatic heterocycles. The lowest BCUT2D eigenvalue weighted by Crippen LogP contribution is -2.24. The number of aromatic nitrogens is 2. The first-order valence-electron chi connectivity index (χ1n) is 7.36. The molecule has 2 N–H and O–H groups in total. The Kier molecular flexibility index (Phi) is 3.42. The van der Waals surface area contributed by atoms with Crippen molar-refractivity contribution in [1.29, 1.82) is 0 Å². The molecule has 6 heteroatoms. The average molecular weight is 286 g/mol. The summed E-state index contributed by atoms with van der Waals surface area (Å²) < 4.78 is 10.9. The van der Waals surface area contributed by atoms with Crippen LogP contribution < -0.4 is 10.9 Å². The minimum atomic E-state index is 0.149. The molecule has 110 valence electrons. The van der Waals surface area contributed by atoms with Crippen LogP contribution in [0.15, 0.2) is 34.9 Å². The van der Waals surface area contributed by atoms with Crippen LogP contribution in [-0.4, -0.2) is 29.9 Å². The zero-order valence-corrected chi connectivity index (χ0v) is 11.7. The first-order chi connectivity index (χ1) is 10.4. The van der Waals surface area contributed by atoms with E-state index in [-0.39, 0.29) is 17.9 Å². The molecule has 3 heterocycles. The summed E-state index contributed by atoms with van der Waals surface area (Å²) in [6, 6.07) is 10.5. The summed E-state index contributed by atoms with van der Waals surface area (Å²) in [5, 5.41) is 4.15. The van der Waals surface area contributed by atoms with E-state index in [0.29, 0.717) is 12.5 Å². The molecule has 0 spiro atoms. The van der Waals surface area contributed by atoms with Gasteiger partial charge in [-0.05, 0) is 12.0 Å². The molecule has 4 rings (SSSR count). The largest absolute Gasteiger partial charge is 0.381 e. The Hall–Kier alpha value is -1.76. The van der Waals surface area contributed by atoms with E-state index in [1.165, 1.54) is 5.56 Å². The van der Waals surface area contributed by atoms with Crippen molar-refractivity contribution in [3.63, 3.8) is 0 Å². The van der Waals surface area contributed by atoms with E-state index in [1.54, 1.807) is 0 Å². The van der Waals surface area contributed by atoms with Crippen molar-refractivity contribution in [2.24, 2.45) is 0 Å². The summed E-state index contributed by atoms with van der Waals surface area (Å²) in [7, 11) is 0. The molecule has 3 atom stereocenters. The fourth-order valence-corrected chi connectivity index (χ4v) is 3.01. The lowest BCUT2D eigenvalue weighted by atomic mass is 9.95. The van der Waals surface area contributed by atoms with Crippen LogP contribution in [0.4, 0.5) is 0 Å². The van der Waals surface area contributed by atoms with Gasteiger partial charge < -0.3 is 9.26 Å². The SMILES string of the molecule is c1ccc(C2NNCC2c2nc(C3CCOC3)no2)cc1. The molecule has 1 aromatic carbocycles. The molecular weight excluding hydrogens is 268 g/mol.